The van der Waals surface area contributed by atoms with Crippen LogP contribution >= 0.6 is 0 Å². The molecule has 1 aromatic carbocycles. The van der Waals surface area contributed by atoms with E-state index >= 15 is 0 Å². The van der Waals surface area contributed by atoms with E-state index in [1.807, 2.05) is 5.32 Å². The van der Waals surface area contributed by atoms with Crippen LogP contribution in [-0.2, 0) is 14.4 Å². The number of urea groups is 1. The Hall–Kier alpha value is -2.97. The molecule has 0 aliphatic carbocycles. The Bertz CT molecular complexity index is 607. The average molecular weight is 326 g/mol. The summed E-state index contributed by atoms with van der Waals surface area (Å²) in [5, 5.41) is 21.8. The Kier molecular flexibility index (Phi) is 6.66. The molecule has 9 heteroatoms. The van der Waals surface area contributed by atoms with Crippen LogP contribution in [-0.4, -0.2) is 40.5 Å². The lowest BCUT2D eigenvalue weighted by molar-refractivity contribution is -0.139. The molecule has 0 aliphatic heterocycles. The lowest BCUT2D eigenvalue weighted by atomic mass is 10.1. The number of hydrogen-bond acceptors (Lipinski definition) is 4. The van der Waals surface area contributed by atoms with Crippen LogP contribution in [0.3, 0.4) is 0 Å². The molecule has 0 aromatic heterocycles. The summed E-state index contributed by atoms with van der Waals surface area (Å²) < 4.78 is 13.6. The highest BCUT2D eigenvalue weighted by molar-refractivity contribution is 5.85. The molecule has 124 valence electrons. The highest BCUT2D eigenvalue weighted by Crippen LogP contribution is 2.17. The van der Waals surface area contributed by atoms with Gasteiger partial charge in [0.1, 0.15) is 12.1 Å². The van der Waals surface area contributed by atoms with Crippen molar-refractivity contribution in [3.05, 3.63) is 35.6 Å². The van der Waals surface area contributed by atoms with Crippen LogP contribution < -0.4 is 10.6 Å². The lowest BCUT2D eigenvalue weighted by Gasteiger charge is -2.18. The maximum Gasteiger partial charge on any atom is 0.331 e. The standard InChI is InChI=1S/C14H15FN2O6/c15-10-4-2-1-3-9(10)12(13(21)22)17-14(23)16-8(7-18)5-6-11(19)20/h1-4,7-8,12H,5-6H2,(H,19,20)(H,21,22)(H2,16,17,23)/t8-,12-/m0/s1. The maximum atomic E-state index is 13.6. The molecular formula is C14H15FN2O6. The van der Waals surface area contributed by atoms with Gasteiger partial charge in [-0.3, -0.25) is 4.79 Å². The van der Waals surface area contributed by atoms with Gasteiger partial charge in [0.25, 0.3) is 0 Å². The van der Waals surface area contributed by atoms with Gasteiger partial charge in [0.2, 0.25) is 0 Å². The van der Waals surface area contributed by atoms with Gasteiger partial charge in [0, 0.05) is 12.0 Å². The third-order valence-electron chi connectivity index (χ3n) is 2.89. The summed E-state index contributed by atoms with van der Waals surface area (Å²) in [6, 6.07) is 1.26. The highest BCUT2D eigenvalue weighted by atomic mass is 19.1. The number of carboxylic acids is 2. The fourth-order valence-corrected chi connectivity index (χ4v) is 1.78. The van der Waals surface area contributed by atoms with E-state index in [4.69, 9.17) is 10.2 Å². The lowest BCUT2D eigenvalue weighted by Crippen LogP contribution is -2.46. The first-order valence-electron chi connectivity index (χ1n) is 6.56. The number of aliphatic carboxylic acids is 2. The van der Waals surface area contributed by atoms with Crippen molar-refractivity contribution in [1.82, 2.24) is 10.6 Å². The van der Waals surface area contributed by atoms with Crippen molar-refractivity contribution >= 4 is 24.3 Å². The Morgan fingerprint density at radius 2 is 1.83 bits per heavy atom. The molecular weight excluding hydrogens is 311 g/mol. The summed E-state index contributed by atoms with van der Waals surface area (Å²) in [5.74, 6) is -3.44. The fourth-order valence-electron chi connectivity index (χ4n) is 1.78. The normalized spacial score (nSPS) is 12.7. The maximum absolute atomic E-state index is 13.6. The number of carboxylic acid groups (broad SMARTS) is 2. The van der Waals surface area contributed by atoms with Crippen molar-refractivity contribution in [1.29, 1.82) is 0 Å². The van der Waals surface area contributed by atoms with Crippen LogP contribution in [0, 0.1) is 5.82 Å². The van der Waals surface area contributed by atoms with Crippen molar-refractivity contribution in [2.75, 3.05) is 0 Å². The van der Waals surface area contributed by atoms with Gasteiger partial charge in [0.15, 0.2) is 6.04 Å². The predicted molar refractivity (Wildman–Crippen MR) is 75.2 cm³/mol. The zero-order valence-electron chi connectivity index (χ0n) is 11.9. The van der Waals surface area contributed by atoms with Gasteiger partial charge in [-0.25, -0.2) is 14.0 Å². The smallest absolute Gasteiger partial charge is 0.331 e. The molecule has 8 nitrogen and oxygen atoms in total. The number of halogens is 1. The number of carbonyl (C=O) groups excluding carboxylic acids is 2. The number of carbonyl (C=O) groups is 4. The summed E-state index contributed by atoms with van der Waals surface area (Å²) in [6.07, 6.45) is -0.162. The van der Waals surface area contributed by atoms with Gasteiger partial charge >= 0.3 is 18.0 Å². The Balaban J connectivity index is 2.75. The summed E-state index contributed by atoms with van der Waals surface area (Å²) in [4.78, 5) is 44.2. The highest BCUT2D eigenvalue weighted by Gasteiger charge is 2.25. The number of rotatable bonds is 8. The summed E-state index contributed by atoms with van der Waals surface area (Å²) in [6.45, 7) is 0. The first-order chi connectivity index (χ1) is 10.8. The van der Waals surface area contributed by atoms with Gasteiger partial charge in [-0.15, -0.1) is 0 Å². The minimum Gasteiger partial charge on any atom is -0.481 e. The second kappa shape index (κ2) is 8.47. The topological polar surface area (TPSA) is 133 Å². The molecule has 0 heterocycles. The van der Waals surface area contributed by atoms with Gasteiger partial charge in [-0.2, -0.15) is 0 Å². The quantitative estimate of drug-likeness (QED) is 0.519. The molecule has 0 bridgehead atoms. The minimum atomic E-state index is -1.65. The Labute approximate surface area is 130 Å². The van der Waals surface area contributed by atoms with E-state index in [1.54, 1.807) is 0 Å². The summed E-state index contributed by atoms with van der Waals surface area (Å²) in [7, 11) is 0. The van der Waals surface area contributed by atoms with Crippen LogP contribution in [0.4, 0.5) is 9.18 Å². The molecule has 1 aromatic rings. The molecule has 0 unspecified atom stereocenters. The van der Waals surface area contributed by atoms with E-state index in [-0.39, 0.29) is 18.4 Å². The molecule has 0 saturated heterocycles. The van der Waals surface area contributed by atoms with Crippen molar-refractivity contribution < 1.29 is 33.8 Å². The number of nitrogens with one attached hydrogen (secondary N) is 2. The van der Waals surface area contributed by atoms with Gasteiger partial charge in [0.05, 0.1) is 6.04 Å². The fraction of sp³-hybridized carbons (Fsp3) is 0.286. The van der Waals surface area contributed by atoms with E-state index in [1.165, 1.54) is 18.2 Å². The Morgan fingerprint density at radius 1 is 1.17 bits per heavy atom. The number of benzene rings is 1. The third-order valence-corrected chi connectivity index (χ3v) is 2.89. The molecule has 4 N–H and O–H groups in total. The first kappa shape index (κ1) is 18.1. The van der Waals surface area contributed by atoms with Gasteiger partial charge in [-0.1, -0.05) is 18.2 Å². The van der Waals surface area contributed by atoms with E-state index in [0.29, 0.717) is 6.29 Å². The number of amides is 2. The van der Waals surface area contributed by atoms with Crippen molar-refractivity contribution in [2.24, 2.45) is 0 Å². The number of hydrogen-bond donors (Lipinski definition) is 4. The van der Waals surface area contributed by atoms with Crippen LogP contribution in [0.2, 0.25) is 0 Å². The second-order valence-electron chi connectivity index (χ2n) is 4.59. The molecule has 0 saturated carbocycles. The summed E-state index contributed by atoms with van der Waals surface area (Å²) in [5.41, 5.74) is -0.247. The van der Waals surface area contributed by atoms with E-state index in [9.17, 15) is 23.6 Å². The van der Waals surface area contributed by atoms with E-state index in [0.717, 1.165) is 6.07 Å². The molecule has 2 atom stereocenters. The van der Waals surface area contributed by atoms with Crippen LogP contribution in [0.15, 0.2) is 24.3 Å². The van der Waals surface area contributed by atoms with Crippen LogP contribution in [0.1, 0.15) is 24.4 Å². The molecule has 0 fully saturated rings. The van der Waals surface area contributed by atoms with Gasteiger partial charge in [-0.05, 0) is 12.5 Å². The first-order valence-corrected chi connectivity index (χ1v) is 6.56. The SMILES string of the molecule is O=C[C@H](CCC(=O)O)NC(=O)N[C@H](C(=O)O)c1ccccc1F. The van der Waals surface area contributed by atoms with Crippen molar-refractivity contribution in [2.45, 2.75) is 24.9 Å². The number of aldehydes is 1. The predicted octanol–water partition coefficient (Wildman–Crippen LogP) is 0.683. The zero-order valence-corrected chi connectivity index (χ0v) is 11.9. The largest absolute Gasteiger partial charge is 0.481 e. The average Bonchev–Trinajstić information content (AvgIpc) is 2.49. The Morgan fingerprint density at radius 3 is 2.35 bits per heavy atom. The molecule has 0 spiro atoms. The third kappa shape index (κ3) is 5.73. The zero-order chi connectivity index (χ0) is 17.4. The van der Waals surface area contributed by atoms with Crippen molar-refractivity contribution in [3.8, 4) is 0 Å². The molecule has 0 radical (unpaired) electrons. The van der Waals surface area contributed by atoms with Crippen molar-refractivity contribution in [3.63, 3.8) is 0 Å². The monoisotopic (exact) mass is 326 g/mol. The van der Waals surface area contributed by atoms with Crippen LogP contribution in [0.25, 0.3) is 0 Å². The second-order valence-corrected chi connectivity index (χ2v) is 4.59. The van der Waals surface area contributed by atoms with Crippen LogP contribution in [0.5, 0.6) is 0 Å². The van der Waals surface area contributed by atoms with E-state index in [2.05, 4.69) is 5.32 Å². The van der Waals surface area contributed by atoms with Gasteiger partial charge < -0.3 is 25.6 Å². The molecule has 0 aliphatic rings. The molecule has 1 rings (SSSR count). The molecule has 23 heavy (non-hydrogen) atoms. The summed E-state index contributed by atoms with van der Waals surface area (Å²) >= 11 is 0. The minimum absolute atomic E-state index is 0.149. The van der Waals surface area contributed by atoms with E-state index < -0.39 is 35.9 Å². The molecule has 2 amide bonds.